The summed E-state index contributed by atoms with van der Waals surface area (Å²) in [6.07, 6.45) is 6.48. The molecular weight excluding hydrogens is 210 g/mol. The van der Waals surface area contributed by atoms with Crippen LogP contribution < -0.4 is 5.32 Å². The van der Waals surface area contributed by atoms with E-state index >= 15 is 0 Å². The zero-order valence-electron chi connectivity index (χ0n) is 9.79. The Labute approximate surface area is 96.3 Å². The smallest absolute Gasteiger partial charge is 0.407 e. The molecule has 0 aromatic rings. The second-order valence-electron chi connectivity index (χ2n) is 4.32. The summed E-state index contributed by atoms with van der Waals surface area (Å²) in [7, 11) is 0. The SMILES string of the molecule is CSC1CCCC(NC(=O)OC(C)C)C1. The van der Waals surface area contributed by atoms with E-state index in [-0.39, 0.29) is 12.2 Å². The van der Waals surface area contributed by atoms with E-state index in [1.165, 1.54) is 12.8 Å². The third-order valence-electron chi connectivity index (χ3n) is 2.62. The van der Waals surface area contributed by atoms with Crippen LogP contribution in [-0.2, 0) is 4.74 Å². The Balaban J connectivity index is 2.28. The number of amides is 1. The lowest BCUT2D eigenvalue weighted by Gasteiger charge is -2.28. The molecule has 1 aliphatic carbocycles. The number of carbonyl (C=O) groups is 1. The van der Waals surface area contributed by atoms with Gasteiger partial charge in [-0.05, 0) is 39.4 Å². The number of ether oxygens (including phenoxy) is 1. The topological polar surface area (TPSA) is 38.3 Å². The molecule has 0 heterocycles. The molecule has 1 amide bonds. The molecule has 88 valence electrons. The van der Waals surface area contributed by atoms with Crippen molar-refractivity contribution < 1.29 is 9.53 Å². The number of thioether (sulfide) groups is 1. The third kappa shape index (κ3) is 4.78. The monoisotopic (exact) mass is 231 g/mol. The van der Waals surface area contributed by atoms with E-state index in [4.69, 9.17) is 4.74 Å². The fourth-order valence-corrected chi connectivity index (χ4v) is 2.73. The van der Waals surface area contributed by atoms with E-state index in [9.17, 15) is 4.79 Å². The number of hydrogen-bond donors (Lipinski definition) is 1. The predicted molar refractivity (Wildman–Crippen MR) is 64.3 cm³/mol. The minimum atomic E-state index is -0.267. The first-order valence-electron chi connectivity index (χ1n) is 5.61. The molecule has 1 fully saturated rings. The molecule has 15 heavy (non-hydrogen) atoms. The molecule has 2 unspecified atom stereocenters. The highest BCUT2D eigenvalue weighted by Gasteiger charge is 2.23. The van der Waals surface area contributed by atoms with Crippen LogP contribution in [-0.4, -0.2) is 29.7 Å². The fourth-order valence-electron chi connectivity index (χ4n) is 1.90. The van der Waals surface area contributed by atoms with Crippen LogP contribution in [0.25, 0.3) is 0 Å². The van der Waals surface area contributed by atoms with Gasteiger partial charge >= 0.3 is 6.09 Å². The largest absolute Gasteiger partial charge is 0.447 e. The average Bonchev–Trinajstić information content (AvgIpc) is 2.16. The summed E-state index contributed by atoms with van der Waals surface area (Å²) in [6, 6.07) is 0.308. The van der Waals surface area contributed by atoms with Crippen LogP contribution >= 0.6 is 11.8 Å². The van der Waals surface area contributed by atoms with Crippen LogP contribution in [0, 0.1) is 0 Å². The molecular formula is C11H21NO2S. The van der Waals surface area contributed by atoms with Crippen molar-refractivity contribution in [2.45, 2.75) is 56.9 Å². The Hall–Kier alpha value is -0.380. The van der Waals surface area contributed by atoms with Crippen LogP contribution in [0.5, 0.6) is 0 Å². The highest BCUT2D eigenvalue weighted by atomic mass is 32.2. The van der Waals surface area contributed by atoms with Gasteiger partial charge in [-0.25, -0.2) is 4.79 Å². The Morgan fingerprint density at radius 2 is 2.20 bits per heavy atom. The van der Waals surface area contributed by atoms with Crippen molar-refractivity contribution in [2.24, 2.45) is 0 Å². The summed E-state index contributed by atoms with van der Waals surface area (Å²) in [4.78, 5) is 11.4. The average molecular weight is 231 g/mol. The van der Waals surface area contributed by atoms with Gasteiger partial charge in [0, 0.05) is 11.3 Å². The molecule has 0 aromatic heterocycles. The molecule has 0 radical (unpaired) electrons. The lowest BCUT2D eigenvalue weighted by molar-refractivity contribution is 0.110. The fraction of sp³-hybridized carbons (Fsp3) is 0.909. The first-order valence-corrected chi connectivity index (χ1v) is 6.90. The molecule has 0 saturated heterocycles. The van der Waals surface area contributed by atoms with Gasteiger partial charge in [-0.1, -0.05) is 6.42 Å². The van der Waals surface area contributed by atoms with Crippen molar-refractivity contribution in [1.82, 2.24) is 5.32 Å². The van der Waals surface area contributed by atoms with Crippen molar-refractivity contribution in [3.05, 3.63) is 0 Å². The summed E-state index contributed by atoms with van der Waals surface area (Å²) in [6.45, 7) is 3.73. The number of alkyl carbamates (subject to hydrolysis) is 1. The summed E-state index contributed by atoms with van der Waals surface area (Å²) >= 11 is 1.90. The maximum atomic E-state index is 11.4. The second kappa shape index (κ2) is 6.26. The molecule has 2 atom stereocenters. The first-order chi connectivity index (χ1) is 7.11. The summed E-state index contributed by atoms with van der Waals surface area (Å²) in [5, 5.41) is 3.64. The van der Waals surface area contributed by atoms with Crippen LogP contribution in [0.1, 0.15) is 39.5 Å². The second-order valence-corrected chi connectivity index (χ2v) is 5.46. The Morgan fingerprint density at radius 3 is 2.80 bits per heavy atom. The number of rotatable bonds is 3. The van der Waals surface area contributed by atoms with Crippen LogP contribution in [0.2, 0.25) is 0 Å². The van der Waals surface area contributed by atoms with Crippen molar-refractivity contribution in [3.63, 3.8) is 0 Å². The van der Waals surface area contributed by atoms with E-state index in [0.717, 1.165) is 12.8 Å². The van der Waals surface area contributed by atoms with Crippen molar-refractivity contribution >= 4 is 17.9 Å². The Morgan fingerprint density at radius 1 is 1.47 bits per heavy atom. The zero-order chi connectivity index (χ0) is 11.3. The molecule has 0 aliphatic heterocycles. The number of carbonyl (C=O) groups excluding carboxylic acids is 1. The maximum absolute atomic E-state index is 11.4. The predicted octanol–water partition coefficient (Wildman–Crippen LogP) is 2.80. The Bertz CT molecular complexity index is 209. The van der Waals surface area contributed by atoms with Gasteiger partial charge in [0.2, 0.25) is 0 Å². The lowest BCUT2D eigenvalue weighted by atomic mass is 9.95. The zero-order valence-corrected chi connectivity index (χ0v) is 10.6. The Kier molecular flexibility index (Phi) is 5.29. The van der Waals surface area contributed by atoms with Gasteiger partial charge in [0.15, 0.2) is 0 Å². The van der Waals surface area contributed by atoms with E-state index in [0.29, 0.717) is 11.3 Å². The first kappa shape index (κ1) is 12.7. The van der Waals surface area contributed by atoms with Crippen LogP contribution in [0.3, 0.4) is 0 Å². The van der Waals surface area contributed by atoms with Gasteiger partial charge in [0.25, 0.3) is 0 Å². The normalized spacial score (nSPS) is 26.4. The third-order valence-corrected chi connectivity index (χ3v) is 3.72. The van der Waals surface area contributed by atoms with E-state index in [2.05, 4.69) is 11.6 Å². The number of nitrogens with one attached hydrogen (secondary N) is 1. The number of hydrogen-bond acceptors (Lipinski definition) is 3. The maximum Gasteiger partial charge on any atom is 0.407 e. The standard InChI is InChI=1S/C11H21NO2S/c1-8(2)14-11(13)12-9-5-4-6-10(7-9)15-3/h8-10H,4-7H2,1-3H3,(H,12,13). The highest BCUT2D eigenvalue weighted by molar-refractivity contribution is 7.99. The van der Waals surface area contributed by atoms with Crippen LogP contribution in [0.15, 0.2) is 0 Å². The van der Waals surface area contributed by atoms with Gasteiger partial charge in [-0.15, -0.1) is 0 Å². The van der Waals surface area contributed by atoms with E-state index in [1.54, 1.807) is 0 Å². The van der Waals surface area contributed by atoms with Gasteiger partial charge in [0.1, 0.15) is 0 Å². The van der Waals surface area contributed by atoms with E-state index in [1.807, 2.05) is 25.6 Å². The summed E-state index contributed by atoms with van der Waals surface area (Å²) < 4.78 is 5.06. The summed E-state index contributed by atoms with van der Waals surface area (Å²) in [5.74, 6) is 0. The molecule has 0 spiro atoms. The molecule has 1 rings (SSSR count). The quantitative estimate of drug-likeness (QED) is 0.811. The minimum Gasteiger partial charge on any atom is -0.447 e. The summed E-state index contributed by atoms with van der Waals surface area (Å²) in [5.41, 5.74) is 0. The van der Waals surface area contributed by atoms with Gasteiger partial charge in [-0.3, -0.25) is 0 Å². The van der Waals surface area contributed by atoms with E-state index < -0.39 is 0 Å². The molecule has 1 saturated carbocycles. The van der Waals surface area contributed by atoms with Gasteiger partial charge in [0.05, 0.1) is 6.10 Å². The van der Waals surface area contributed by atoms with Gasteiger partial charge < -0.3 is 10.1 Å². The minimum absolute atomic E-state index is 0.0371. The molecule has 1 N–H and O–H groups in total. The van der Waals surface area contributed by atoms with Crippen molar-refractivity contribution in [2.75, 3.05) is 6.26 Å². The molecule has 0 bridgehead atoms. The molecule has 0 aromatic carbocycles. The van der Waals surface area contributed by atoms with Crippen molar-refractivity contribution in [1.29, 1.82) is 0 Å². The highest BCUT2D eigenvalue weighted by Crippen LogP contribution is 2.26. The van der Waals surface area contributed by atoms with Gasteiger partial charge in [-0.2, -0.15) is 11.8 Å². The molecule has 3 nitrogen and oxygen atoms in total. The molecule has 4 heteroatoms. The van der Waals surface area contributed by atoms with Crippen molar-refractivity contribution in [3.8, 4) is 0 Å². The lowest BCUT2D eigenvalue weighted by Crippen LogP contribution is -2.40. The molecule has 1 aliphatic rings. The van der Waals surface area contributed by atoms with Crippen LogP contribution in [0.4, 0.5) is 4.79 Å².